The van der Waals surface area contributed by atoms with Crippen molar-refractivity contribution in [2.75, 3.05) is 5.32 Å². The number of anilines is 1. The highest BCUT2D eigenvalue weighted by Gasteiger charge is 2.13. The van der Waals surface area contributed by atoms with Crippen LogP contribution in [0.15, 0.2) is 46.3 Å². The van der Waals surface area contributed by atoms with Gasteiger partial charge in [-0.2, -0.15) is 0 Å². The molecule has 0 saturated heterocycles. The molecule has 29 heavy (non-hydrogen) atoms. The van der Waals surface area contributed by atoms with Crippen molar-refractivity contribution in [3.8, 4) is 11.4 Å². The quantitative estimate of drug-likeness (QED) is 0.335. The summed E-state index contributed by atoms with van der Waals surface area (Å²) in [6, 6.07) is 7.59. The first-order valence-electron chi connectivity index (χ1n) is 9.35. The summed E-state index contributed by atoms with van der Waals surface area (Å²) in [5.41, 5.74) is 3.14. The Morgan fingerprint density at radius 2 is 2.07 bits per heavy atom. The Hall–Kier alpha value is -2.38. The summed E-state index contributed by atoms with van der Waals surface area (Å²) in [6.45, 7) is 6.70. The maximum Gasteiger partial charge on any atom is 0.163 e. The minimum atomic E-state index is 0.366. The third-order valence-corrected chi connectivity index (χ3v) is 4.98. The Balaban J connectivity index is 1.99. The molecule has 0 aliphatic heterocycles. The molecule has 1 unspecified atom stereocenters. The van der Waals surface area contributed by atoms with Crippen molar-refractivity contribution in [3.05, 3.63) is 57.7 Å². The second kappa shape index (κ2) is 9.89. The second-order valence-electron chi connectivity index (χ2n) is 6.69. The smallest absolute Gasteiger partial charge is 0.163 e. The van der Waals surface area contributed by atoms with Gasteiger partial charge in [0.25, 0.3) is 0 Å². The van der Waals surface area contributed by atoms with Crippen molar-refractivity contribution >= 4 is 45.3 Å². The van der Waals surface area contributed by atoms with Crippen LogP contribution in [0, 0.1) is 12.8 Å². The van der Waals surface area contributed by atoms with Gasteiger partial charge in [-0.05, 0) is 53.4 Å². The Morgan fingerprint density at radius 1 is 1.24 bits per heavy atom. The fourth-order valence-electron chi connectivity index (χ4n) is 2.54. The minimum Gasteiger partial charge on any atom is -0.362 e. The maximum absolute atomic E-state index is 6.09. The SMILES string of the molecule is CCC(C)/C=N\c1c(C)nc(-c2cncc(Cl)c2)nc1NCc1cccc(Br)n1. The lowest BCUT2D eigenvalue weighted by atomic mass is 10.1. The van der Waals surface area contributed by atoms with E-state index < -0.39 is 0 Å². The molecule has 1 N–H and O–H groups in total. The van der Waals surface area contributed by atoms with Crippen molar-refractivity contribution in [2.45, 2.75) is 33.7 Å². The van der Waals surface area contributed by atoms with Crippen LogP contribution in [0.3, 0.4) is 0 Å². The molecule has 3 aromatic rings. The summed E-state index contributed by atoms with van der Waals surface area (Å²) in [6.07, 6.45) is 6.23. The van der Waals surface area contributed by atoms with Gasteiger partial charge in [0.05, 0.1) is 23.0 Å². The molecule has 150 valence electrons. The Bertz CT molecular complexity index is 1020. The first-order chi connectivity index (χ1) is 14.0. The van der Waals surface area contributed by atoms with Crippen LogP contribution >= 0.6 is 27.5 Å². The lowest BCUT2D eigenvalue weighted by Crippen LogP contribution is -2.07. The van der Waals surface area contributed by atoms with Crippen LogP contribution in [0.4, 0.5) is 11.5 Å². The number of hydrogen-bond donors (Lipinski definition) is 1. The zero-order valence-corrected chi connectivity index (χ0v) is 18.9. The molecular weight excluding hydrogens is 452 g/mol. The molecule has 8 heteroatoms. The Morgan fingerprint density at radius 3 is 2.79 bits per heavy atom. The van der Waals surface area contributed by atoms with Gasteiger partial charge in [0.1, 0.15) is 10.3 Å². The standard InChI is InChI=1S/C21H22BrClN6/c1-4-13(2)9-25-19-14(3)27-20(15-8-16(23)11-24-10-15)29-21(19)26-12-17-6-5-7-18(22)28-17/h5-11,13H,4,12H2,1-3H3,(H,26,27,29)/b25-9-. The highest BCUT2D eigenvalue weighted by Crippen LogP contribution is 2.30. The van der Waals surface area contributed by atoms with Crippen molar-refractivity contribution < 1.29 is 0 Å². The zero-order valence-electron chi connectivity index (χ0n) is 16.5. The van der Waals surface area contributed by atoms with E-state index >= 15 is 0 Å². The summed E-state index contributed by atoms with van der Waals surface area (Å²) in [4.78, 5) is 22.6. The molecule has 3 rings (SSSR count). The molecule has 0 radical (unpaired) electrons. The summed E-state index contributed by atoms with van der Waals surface area (Å²) in [7, 11) is 0. The van der Waals surface area contributed by atoms with Gasteiger partial charge in [-0.15, -0.1) is 0 Å². The molecule has 1 atom stereocenters. The van der Waals surface area contributed by atoms with E-state index in [1.807, 2.05) is 31.3 Å². The van der Waals surface area contributed by atoms with Crippen LogP contribution < -0.4 is 5.32 Å². The van der Waals surface area contributed by atoms with Gasteiger partial charge in [0.2, 0.25) is 0 Å². The second-order valence-corrected chi connectivity index (χ2v) is 7.94. The molecule has 0 fully saturated rings. The van der Waals surface area contributed by atoms with Crippen molar-refractivity contribution in [1.82, 2.24) is 19.9 Å². The minimum absolute atomic E-state index is 0.366. The monoisotopic (exact) mass is 472 g/mol. The number of pyridine rings is 2. The third kappa shape index (κ3) is 5.81. The first kappa shape index (κ1) is 21.3. The van der Waals surface area contributed by atoms with E-state index in [0.29, 0.717) is 29.1 Å². The molecule has 0 aliphatic carbocycles. The molecule has 0 aliphatic rings. The van der Waals surface area contributed by atoms with Crippen LogP contribution in [0.5, 0.6) is 0 Å². The molecule has 0 saturated carbocycles. The van der Waals surface area contributed by atoms with Gasteiger partial charge in [-0.1, -0.05) is 31.5 Å². The number of aliphatic imine (C=N–C) groups is 1. The van der Waals surface area contributed by atoms with Crippen LogP contribution in [0.2, 0.25) is 5.02 Å². The predicted molar refractivity (Wildman–Crippen MR) is 122 cm³/mol. The predicted octanol–water partition coefficient (Wildman–Crippen LogP) is 6.02. The van der Waals surface area contributed by atoms with E-state index in [2.05, 4.69) is 55.0 Å². The van der Waals surface area contributed by atoms with Gasteiger partial charge in [-0.25, -0.2) is 15.0 Å². The van der Waals surface area contributed by atoms with Gasteiger partial charge < -0.3 is 5.32 Å². The van der Waals surface area contributed by atoms with E-state index in [1.54, 1.807) is 18.5 Å². The van der Waals surface area contributed by atoms with E-state index in [-0.39, 0.29) is 0 Å². The summed E-state index contributed by atoms with van der Waals surface area (Å²) >= 11 is 9.50. The number of aromatic nitrogens is 4. The summed E-state index contributed by atoms with van der Waals surface area (Å²) in [5.74, 6) is 1.56. The maximum atomic E-state index is 6.09. The van der Waals surface area contributed by atoms with Crippen LogP contribution in [0.25, 0.3) is 11.4 Å². The molecule has 6 nitrogen and oxygen atoms in total. The molecular formula is C21H22BrClN6. The van der Waals surface area contributed by atoms with Gasteiger partial charge in [-0.3, -0.25) is 9.98 Å². The summed E-state index contributed by atoms with van der Waals surface area (Å²) in [5, 5.41) is 3.90. The van der Waals surface area contributed by atoms with Crippen molar-refractivity contribution in [3.63, 3.8) is 0 Å². The zero-order chi connectivity index (χ0) is 20.8. The number of aryl methyl sites for hydroxylation is 1. The number of halogens is 2. The Kier molecular flexibility index (Phi) is 7.28. The highest BCUT2D eigenvalue weighted by molar-refractivity contribution is 9.10. The van der Waals surface area contributed by atoms with Crippen LogP contribution in [0.1, 0.15) is 31.7 Å². The lowest BCUT2D eigenvalue weighted by Gasteiger charge is -2.13. The number of nitrogens with one attached hydrogen (secondary N) is 1. The topological polar surface area (TPSA) is 76.0 Å². The molecule has 0 amide bonds. The number of nitrogens with zero attached hydrogens (tertiary/aromatic N) is 5. The van der Waals surface area contributed by atoms with E-state index in [1.165, 1.54) is 0 Å². The fraction of sp³-hybridized carbons (Fsp3) is 0.286. The first-order valence-corrected chi connectivity index (χ1v) is 10.5. The molecule has 0 bridgehead atoms. The molecule has 3 heterocycles. The molecule has 3 aromatic heterocycles. The largest absolute Gasteiger partial charge is 0.362 e. The van der Waals surface area contributed by atoms with E-state index in [4.69, 9.17) is 16.6 Å². The van der Waals surface area contributed by atoms with Crippen LogP contribution in [-0.2, 0) is 6.54 Å². The third-order valence-electron chi connectivity index (χ3n) is 4.33. The molecule has 0 aromatic carbocycles. The molecule has 0 spiro atoms. The van der Waals surface area contributed by atoms with Crippen LogP contribution in [-0.4, -0.2) is 26.2 Å². The Labute approximate surface area is 184 Å². The van der Waals surface area contributed by atoms with Gasteiger partial charge >= 0.3 is 0 Å². The fourth-order valence-corrected chi connectivity index (χ4v) is 3.09. The van der Waals surface area contributed by atoms with E-state index in [9.17, 15) is 0 Å². The van der Waals surface area contributed by atoms with Crippen molar-refractivity contribution in [2.24, 2.45) is 10.9 Å². The summed E-state index contributed by atoms with van der Waals surface area (Å²) < 4.78 is 0.788. The number of hydrogen-bond acceptors (Lipinski definition) is 6. The highest BCUT2D eigenvalue weighted by atomic mass is 79.9. The average molecular weight is 474 g/mol. The average Bonchev–Trinajstić information content (AvgIpc) is 2.71. The van der Waals surface area contributed by atoms with Gasteiger partial charge in [0.15, 0.2) is 11.6 Å². The lowest BCUT2D eigenvalue weighted by molar-refractivity contribution is 0.754. The van der Waals surface area contributed by atoms with E-state index in [0.717, 1.165) is 33.7 Å². The van der Waals surface area contributed by atoms with Gasteiger partial charge in [0, 0.05) is 24.2 Å². The number of rotatable bonds is 7. The van der Waals surface area contributed by atoms with Crippen molar-refractivity contribution in [1.29, 1.82) is 0 Å². The normalized spacial score (nSPS) is 12.3.